The second-order valence-corrected chi connectivity index (χ2v) is 5.10. The van der Waals surface area contributed by atoms with Crippen molar-refractivity contribution >= 4 is 23.0 Å². The van der Waals surface area contributed by atoms with E-state index in [1.807, 2.05) is 0 Å². The van der Waals surface area contributed by atoms with Crippen molar-refractivity contribution in [2.24, 2.45) is 5.92 Å². The Kier molecular flexibility index (Phi) is 4.11. The number of imidazole rings is 1. The van der Waals surface area contributed by atoms with Crippen LogP contribution in [0, 0.1) is 5.92 Å². The fourth-order valence-electron chi connectivity index (χ4n) is 2.71. The number of rotatable bonds is 4. The maximum Gasteiger partial charge on any atom is 0.314 e. The van der Waals surface area contributed by atoms with Crippen molar-refractivity contribution in [2.45, 2.75) is 25.4 Å². The van der Waals surface area contributed by atoms with Crippen LogP contribution in [0.25, 0.3) is 11.2 Å². The molecule has 10 heteroatoms. The minimum Gasteiger partial charge on any atom is -0.466 e. The van der Waals surface area contributed by atoms with Crippen LogP contribution in [-0.4, -0.2) is 61.1 Å². The van der Waals surface area contributed by atoms with E-state index in [9.17, 15) is 15.0 Å². The maximum atomic E-state index is 12.0. The lowest BCUT2D eigenvalue weighted by Gasteiger charge is -2.18. The first-order valence-corrected chi connectivity index (χ1v) is 7.12. The highest BCUT2D eigenvalue weighted by atomic mass is 16.6. The zero-order valence-corrected chi connectivity index (χ0v) is 12.4. The molecule has 1 aliphatic heterocycles. The number of fused-ring (bicyclic) bond motifs is 1. The second-order valence-electron chi connectivity index (χ2n) is 5.10. The molecule has 10 nitrogen and oxygen atoms in total. The molecule has 3 heterocycles. The number of hydrogen-bond acceptors (Lipinski definition) is 9. The summed E-state index contributed by atoms with van der Waals surface area (Å²) < 4.78 is 12.0. The summed E-state index contributed by atoms with van der Waals surface area (Å²) >= 11 is 0. The molecule has 4 atom stereocenters. The van der Waals surface area contributed by atoms with E-state index in [4.69, 9.17) is 15.2 Å². The van der Waals surface area contributed by atoms with Crippen LogP contribution in [0.3, 0.4) is 0 Å². The van der Waals surface area contributed by atoms with Crippen LogP contribution >= 0.6 is 0 Å². The summed E-state index contributed by atoms with van der Waals surface area (Å²) in [6, 6.07) is 0. The Morgan fingerprint density at radius 2 is 2.26 bits per heavy atom. The number of nitrogens with two attached hydrogens (primary N) is 1. The van der Waals surface area contributed by atoms with Gasteiger partial charge < -0.3 is 25.4 Å². The fraction of sp³-hybridized carbons (Fsp3) is 0.538. The van der Waals surface area contributed by atoms with Gasteiger partial charge in [-0.1, -0.05) is 0 Å². The van der Waals surface area contributed by atoms with Gasteiger partial charge in [0.15, 0.2) is 17.7 Å². The standard InChI is InChI=1S/C13H17N5O5/c1-2-22-13(21)7-6(3-19)23-12(9(7)20)18-5-17-8-10(14)15-4-16-11(8)18/h4-7,9,12,19-20H,2-3H2,1H3,(H2,14,15,16)/t6-,7-,9-,12?/m1/s1. The summed E-state index contributed by atoms with van der Waals surface area (Å²) in [5.41, 5.74) is 6.45. The van der Waals surface area contributed by atoms with Crippen LogP contribution in [0.5, 0.6) is 0 Å². The third-order valence-corrected chi connectivity index (χ3v) is 3.77. The monoisotopic (exact) mass is 323 g/mol. The number of aliphatic hydroxyl groups is 2. The number of ether oxygens (including phenoxy) is 2. The average molecular weight is 323 g/mol. The minimum atomic E-state index is -1.22. The molecule has 0 radical (unpaired) electrons. The van der Waals surface area contributed by atoms with Gasteiger partial charge in [-0.3, -0.25) is 9.36 Å². The van der Waals surface area contributed by atoms with Gasteiger partial charge in [-0.15, -0.1) is 0 Å². The summed E-state index contributed by atoms with van der Waals surface area (Å²) in [7, 11) is 0. The van der Waals surface area contributed by atoms with E-state index in [1.165, 1.54) is 17.2 Å². The first-order chi connectivity index (χ1) is 11.1. The number of nitrogens with zero attached hydrogens (tertiary/aromatic N) is 4. The van der Waals surface area contributed by atoms with Crippen LogP contribution in [0.2, 0.25) is 0 Å². The normalized spacial score (nSPS) is 27.4. The van der Waals surface area contributed by atoms with Crippen molar-refractivity contribution in [2.75, 3.05) is 18.9 Å². The van der Waals surface area contributed by atoms with E-state index in [0.29, 0.717) is 11.2 Å². The summed E-state index contributed by atoms with van der Waals surface area (Å²) in [5, 5.41) is 19.9. The Morgan fingerprint density at radius 3 is 2.96 bits per heavy atom. The van der Waals surface area contributed by atoms with E-state index >= 15 is 0 Å². The zero-order chi connectivity index (χ0) is 16.6. The number of carbonyl (C=O) groups excluding carboxylic acids is 1. The van der Waals surface area contributed by atoms with E-state index in [1.54, 1.807) is 6.92 Å². The molecule has 2 aromatic heterocycles. The molecule has 4 N–H and O–H groups in total. The molecule has 0 amide bonds. The Morgan fingerprint density at radius 1 is 1.48 bits per heavy atom. The molecular weight excluding hydrogens is 306 g/mol. The van der Waals surface area contributed by atoms with Gasteiger partial charge in [0.25, 0.3) is 0 Å². The Labute approximate surface area is 130 Å². The topological polar surface area (TPSA) is 146 Å². The molecule has 1 aliphatic rings. The highest BCUT2D eigenvalue weighted by Crippen LogP contribution is 2.36. The molecule has 0 aliphatic carbocycles. The lowest BCUT2D eigenvalue weighted by Crippen LogP contribution is -2.36. The number of aromatic nitrogens is 4. The van der Waals surface area contributed by atoms with Gasteiger partial charge in [0, 0.05) is 0 Å². The van der Waals surface area contributed by atoms with E-state index in [-0.39, 0.29) is 12.4 Å². The molecule has 1 unspecified atom stereocenters. The van der Waals surface area contributed by atoms with Gasteiger partial charge >= 0.3 is 5.97 Å². The molecule has 0 bridgehead atoms. The van der Waals surface area contributed by atoms with Crippen molar-refractivity contribution in [3.63, 3.8) is 0 Å². The third-order valence-electron chi connectivity index (χ3n) is 3.77. The number of aliphatic hydroxyl groups excluding tert-OH is 2. The highest BCUT2D eigenvalue weighted by molar-refractivity contribution is 5.81. The Balaban J connectivity index is 1.96. The predicted octanol–water partition coefficient (Wildman–Crippen LogP) is -1.16. The predicted molar refractivity (Wildman–Crippen MR) is 76.9 cm³/mol. The van der Waals surface area contributed by atoms with Crippen molar-refractivity contribution in [3.8, 4) is 0 Å². The molecule has 0 aromatic carbocycles. The lowest BCUT2D eigenvalue weighted by atomic mass is 9.98. The molecule has 2 aromatic rings. The van der Waals surface area contributed by atoms with E-state index in [2.05, 4.69) is 15.0 Å². The van der Waals surface area contributed by atoms with Gasteiger partial charge in [-0.05, 0) is 6.92 Å². The number of esters is 1. The molecule has 0 spiro atoms. The quantitative estimate of drug-likeness (QED) is 0.593. The molecule has 124 valence electrons. The summed E-state index contributed by atoms with van der Waals surface area (Å²) in [4.78, 5) is 24.0. The lowest BCUT2D eigenvalue weighted by molar-refractivity contribution is -0.153. The van der Waals surface area contributed by atoms with Crippen molar-refractivity contribution < 1.29 is 24.5 Å². The molecule has 23 heavy (non-hydrogen) atoms. The average Bonchev–Trinajstić information content (AvgIpc) is 3.09. The van der Waals surface area contributed by atoms with Crippen molar-refractivity contribution in [1.29, 1.82) is 0 Å². The van der Waals surface area contributed by atoms with Crippen LogP contribution in [0.15, 0.2) is 12.7 Å². The first-order valence-electron chi connectivity index (χ1n) is 7.12. The first kappa shape index (κ1) is 15.6. The summed E-state index contributed by atoms with van der Waals surface area (Å²) in [5.74, 6) is -1.43. The van der Waals surface area contributed by atoms with Crippen LogP contribution in [-0.2, 0) is 14.3 Å². The number of nitrogen functional groups attached to an aromatic ring is 1. The summed E-state index contributed by atoms with van der Waals surface area (Å²) in [6.07, 6.45) is -0.388. The highest BCUT2D eigenvalue weighted by Gasteiger charge is 2.49. The number of carbonyl (C=O) groups is 1. The van der Waals surface area contributed by atoms with Crippen molar-refractivity contribution in [3.05, 3.63) is 12.7 Å². The Bertz CT molecular complexity index is 720. The van der Waals surface area contributed by atoms with E-state index < -0.39 is 36.9 Å². The van der Waals surface area contributed by atoms with Crippen molar-refractivity contribution in [1.82, 2.24) is 19.5 Å². The second kappa shape index (κ2) is 6.07. The van der Waals surface area contributed by atoms with Gasteiger partial charge in [0.1, 0.15) is 23.9 Å². The van der Waals surface area contributed by atoms with Crippen LogP contribution in [0.1, 0.15) is 13.2 Å². The molecule has 1 fully saturated rings. The maximum absolute atomic E-state index is 12.0. The largest absolute Gasteiger partial charge is 0.466 e. The summed E-state index contributed by atoms with van der Waals surface area (Å²) in [6.45, 7) is 1.40. The number of hydrogen-bond donors (Lipinski definition) is 3. The smallest absolute Gasteiger partial charge is 0.314 e. The Hall–Kier alpha value is -2.30. The molecular formula is C13H17N5O5. The van der Waals surface area contributed by atoms with Gasteiger partial charge in [0.05, 0.1) is 25.6 Å². The van der Waals surface area contributed by atoms with Crippen LogP contribution in [0.4, 0.5) is 5.82 Å². The molecule has 3 rings (SSSR count). The zero-order valence-electron chi connectivity index (χ0n) is 12.4. The molecule has 0 saturated carbocycles. The van der Waals surface area contributed by atoms with Gasteiger partial charge in [-0.2, -0.15) is 0 Å². The number of anilines is 1. The van der Waals surface area contributed by atoms with E-state index in [0.717, 1.165) is 0 Å². The molecule has 1 saturated heterocycles. The SMILES string of the molecule is CCOC(=O)[C@@H]1[C@@H](CO)OC(n2cnc3c(N)ncnc32)[C@@H]1O. The van der Waals surface area contributed by atoms with Gasteiger partial charge in [0.2, 0.25) is 0 Å². The third kappa shape index (κ3) is 2.50. The van der Waals surface area contributed by atoms with Crippen LogP contribution < -0.4 is 5.73 Å². The van der Waals surface area contributed by atoms with Gasteiger partial charge in [-0.25, -0.2) is 15.0 Å². The minimum absolute atomic E-state index is 0.169. The fourth-order valence-corrected chi connectivity index (χ4v) is 2.71.